The molecule has 0 amide bonds. The fraction of sp³-hybridized carbons (Fsp3) is 0.533. The molecule has 1 N–H and O–H groups in total. The lowest BCUT2D eigenvalue weighted by Gasteiger charge is -2.24. The second-order valence-electron chi connectivity index (χ2n) is 5.72. The summed E-state index contributed by atoms with van der Waals surface area (Å²) in [6.45, 7) is 2.17. The van der Waals surface area contributed by atoms with Gasteiger partial charge in [-0.25, -0.2) is 0 Å². The summed E-state index contributed by atoms with van der Waals surface area (Å²) in [5, 5.41) is 4.94. The summed E-state index contributed by atoms with van der Waals surface area (Å²) < 4.78 is 0. The summed E-state index contributed by atoms with van der Waals surface area (Å²) in [4.78, 5) is 6.48. The molecule has 1 aromatic heterocycles. The first kappa shape index (κ1) is 13.5. The van der Waals surface area contributed by atoms with E-state index in [0.29, 0.717) is 0 Å². The first-order valence-corrected chi connectivity index (χ1v) is 7.71. The Labute approximate surface area is 125 Å². The molecule has 0 unspecified atom stereocenters. The number of fused-ring (bicyclic) bond motifs is 4. The van der Waals surface area contributed by atoms with E-state index in [1.807, 2.05) is 18.2 Å². The fourth-order valence-corrected chi connectivity index (χ4v) is 3.34. The molecule has 2 aliphatic heterocycles. The Bertz CT molecular complexity index is 466. The highest BCUT2D eigenvalue weighted by Gasteiger charge is 2.30. The van der Waals surface area contributed by atoms with E-state index in [0.717, 1.165) is 35.7 Å². The van der Waals surface area contributed by atoms with E-state index in [-0.39, 0.29) is 0 Å². The molecule has 3 fully saturated rings. The average Bonchev–Trinajstić information content (AvgIpc) is 2.82. The third kappa shape index (κ3) is 3.33. The van der Waals surface area contributed by atoms with Crippen molar-refractivity contribution >= 4 is 23.5 Å². The van der Waals surface area contributed by atoms with E-state index < -0.39 is 0 Å². The van der Waals surface area contributed by atoms with Crippen molar-refractivity contribution in [2.24, 2.45) is 16.9 Å². The van der Waals surface area contributed by atoms with Crippen molar-refractivity contribution in [3.8, 4) is 0 Å². The van der Waals surface area contributed by atoms with Crippen molar-refractivity contribution in [2.45, 2.75) is 25.7 Å². The van der Waals surface area contributed by atoms with Gasteiger partial charge in [-0.2, -0.15) is 5.10 Å². The molecule has 1 aromatic rings. The zero-order chi connectivity index (χ0) is 13.8. The molecular formula is C15H20N4S. The van der Waals surface area contributed by atoms with Crippen LogP contribution in [-0.4, -0.2) is 34.3 Å². The van der Waals surface area contributed by atoms with Crippen molar-refractivity contribution in [1.82, 2.24) is 15.3 Å². The summed E-state index contributed by atoms with van der Waals surface area (Å²) in [6, 6.07) is 5.75. The molecule has 2 bridgehead atoms. The van der Waals surface area contributed by atoms with Gasteiger partial charge in [0.2, 0.25) is 0 Å². The van der Waals surface area contributed by atoms with Gasteiger partial charge in [0.1, 0.15) is 0 Å². The van der Waals surface area contributed by atoms with E-state index in [1.165, 1.54) is 25.7 Å². The van der Waals surface area contributed by atoms with Gasteiger partial charge in [0.15, 0.2) is 5.11 Å². The van der Waals surface area contributed by atoms with Gasteiger partial charge >= 0.3 is 0 Å². The molecule has 0 spiro atoms. The molecule has 20 heavy (non-hydrogen) atoms. The molecule has 4 nitrogen and oxygen atoms in total. The van der Waals surface area contributed by atoms with Crippen molar-refractivity contribution in [1.29, 1.82) is 0 Å². The van der Waals surface area contributed by atoms with Crippen LogP contribution in [-0.2, 0) is 0 Å². The Hall–Kier alpha value is -1.49. The van der Waals surface area contributed by atoms with E-state index in [1.54, 1.807) is 12.4 Å². The van der Waals surface area contributed by atoms with Crippen LogP contribution in [0.4, 0.5) is 0 Å². The molecule has 0 aromatic carbocycles. The van der Waals surface area contributed by atoms with E-state index in [2.05, 4.69) is 20.4 Å². The molecule has 1 saturated carbocycles. The monoisotopic (exact) mass is 288 g/mol. The first-order valence-electron chi connectivity index (χ1n) is 7.30. The maximum absolute atomic E-state index is 5.46. The third-order valence-electron chi connectivity index (χ3n) is 4.26. The predicted octanol–water partition coefficient (Wildman–Crippen LogP) is 2.41. The number of rotatable bonds is 2. The van der Waals surface area contributed by atoms with Crippen LogP contribution in [0.3, 0.4) is 0 Å². The van der Waals surface area contributed by atoms with Crippen LogP contribution in [0.1, 0.15) is 31.4 Å². The minimum Gasteiger partial charge on any atom is -0.347 e. The molecule has 0 radical (unpaired) electrons. The Kier molecular flexibility index (Phi) is 4.25. The zero-order valence-corrected chi connectivity index (χ0v) is 12.4. The van der Waals surface area contributed by atoms with E-state index in [9.17, 15) is 0 Å². The lowest BCUT2D eigenvalue weighted by Crippen LogP contribution is -2.40. The minimum atomic E-state index is 0.746. The van der Waals surface area contributed by atoms with Crippen LogP contribution in [0.2, 0.25) is 0 Å². The molecule has 1 aliphatic carbocycles. The highest BCUT2D eigenvalue weighted by molar-refractivity contribution is 7.80. The van der Waals surface area contributed by atoms with Gasteiger partial charge in [0, 0.05) is 19.3 Å². The van der Waals surface area contributed by atoms with Crippen molar-refractivity contribution in [2.75, 3.05) is 13.1 Å². The molecule has 106 valence electrons. The van der Waals surface area contributed by atoms with Crippen LogP contribution in [0.5, 0.6) is 0 Å². The summed E-state index contributed by atoms with van der Waals surface area (Å²) in [6.07, 6.45) is 8.91. The number of hydrazone groups is 1. The smallest absolute Gasteiger partial charge is 0.189 e. The Balaban J connectivity index is 1.55. The number of nitrogens with one attached hydrogen (secondary N) is 1. The average molecular weight is 288 g/mol. The van der Waals surface area contributed by atoms with Crippen LogP contribution < -0.4 is 5.43 Å². The maximum Gasteiger partial charge on any atom is 0.189 e. The molecular weight excluding hydrogens is 268 g/mol. The van der Waals surface area contributed by atoms with Gasteiger partial charge < -0.3 is 4.90 Å². The summed E-state index contributed by atoms with van der Waals surface area (Å²) in [7, 11) is 0. The number of aromatic nitrogens is 1. The summed E-state index contributed by atoms with van der Waals surface area (Å²) in [5.41, 5.74) is 3.82. The maximum atomic E-state index is 5.46. The first-order chi connectivity index (χ1) is 9.81. The van der Waals surface area contributed by atoms with E-state index >= 15 is 0 Å². The Morgan fingerprint density at radius 1 is 1.25 bits per heavy atom. The van der Waals surface area contributed by atoms with Gasteiger partial charge in [-0.15, -0.1) is 0 Å². The lowest BCUT2D eigenvalue weighted by atomic mass is 9.84. The van der Waals surface area contributed by atoms with Crippen molar-refractivity contribution in [3.05, 3.63) is 30.1 Å². The molecule has 5 heteroatoms. The largest absolute Gasteiger partial charge is 0.347 e. The van der Waals surface area contributed by atoms with Gasteiger partial charge in [-0.3, -0.25) is 10.4 Å². The topological polar surface area (TPSA) is 40.5 Å². The van der Waals surface area contributed by atoms with Crippen LogP contribution in [0, 0.1) is 11.8 Å². The number of hydrogen-bond donors (Lipinski definition) is 1. The number of nitrogens with zero attached hydrogens (tertiary/aromatic N) is 3. The molecule has 3 aliphatic rings. The normalized spacial score (nSPS) is 25.7. The number of pyridine rings is 1. The standard InChI is InChI=1S/C15H20N4S/c20-15(18-17-9-14-3-1-2-8-16-14)19-10-12-4-5-13(11-19)7-6-12/h1-3,8-9,12-13H,4-7,10-11H2,(H,18,20)/b17-9-. The summed E-state index contributed by atoms with van der Waals surface area (Å²) >= 11 is 5.46. The highest BCUT2D eigenvalue weighted by Crippen LogP contribution is 2.33. The van der Waals surface area contributed by atoms with Gasteiger partial charge in [0.25, 0.3) is 0 Å². The quantitative estimate of drug-likeness (QED) is 0.515. The van der Waals surface area contributed by atoms with Crippen LogP contribution >= 0.6 is 12.2 Å². The SMILES string of the molecule is S=C(N/N=C\c1ccccn1)N1CC2CCC(CC2)C1. The predicted molar refractivity (Wildman–Crippen MR) is 84.6 cm³/mol. The summed E-state index contributed by atoms with van der Waals surface area (Å²) in [5.74, 6) is 1.63. The van der Waals surface area contributed by atoms with E-state index in [4.69, 9.17) is 12.2 Å². The Morgan fingerprint density at radius 2 is 1.95 bits per heavy atom. The van der Waals surface area contributed by atoms with Gasteiger partial charge in [0.05, 0.1) is 11.9 Å². The van der Waals surface area contributed by atoms with Crippen LogP contribution in [0.25, 0.3) is 0 Å². The molecule has 2 saturated heterocycles. The third-order valence-corrected chi connectivity index (χ3v) is 4.60. The zero-order valence-electron chi connectivity index (χ0n) is 11.5. The fourth-order valence-electron chi connectivity index (χ4n) is 3.14. The number of thiocarbonyl (C=S) groups is 1. The Morgan fingerprint density at radius 3 is 2.55 bits per heavy atom. The highest BCUT2D eigenvalue weighted by atomic mass is 32.1. The minimum absolute atomic E-state index is 0.746. The second kappa shape index (κ2) is 6.31. The van der Waals surface area contributed by atoms with Gasteiger partial charge in [-0.1, -0.05) is 6.07 Å². The van der Waals surface area contributed by atoms with Crippen LogP contribution in [0.15, 0.2) is 29.5 Å². The lowest BCUT2D eigenvalue weighted by molar-refractivity contribution is 0.326. The molecule has 4 rings (SSSR count). The second-order valence-corrected chi connectivity index (χ2v) is 6.11. The molecule has 0 atom stereocenters. The van der Waals surface area contributed by atoms with Gasteiger partial charge in [-0.05, 0) is 61.9 Å². The van der Waals surface area contributed by atoms with Crippen molar-refractivity contribution in [3.63, 3.8) is 0 Å². The van der Waals surface area contributed by atoms with Crippen molar-refractivity contribution < 1.29 is 0 Å². The number of hydrogen-bond acceptors (Lipinski definition) is 3. The molecule has 3 heterocycles.